The molecule has 1 fully saturated rings. The van der Waals surface area contributed by atoms with E-state index < -0.39 is 0 Å². The van der Waals surface area contributed by atoms with Gasteiger partial charge in [0.25, 0.3) is 5.91 Å². The molecule has 0 aliphatic carbocycles. The molecule has 41 heavy (non-hydrogen) atoms. The number of hydrogen-bond donors (Lipinski definition) is 3. The van der Waals surface area contributed by atoms with E-state index in [1.807, 2.05) is 50.4 Å². The molecule has 0 unspecified atom stereocenters. The van der Waals surface area contributed by atoms with Crippen LogP contribution >= 0.6 is 0 Å². The first-order valence-corrected chi connectivity index (χ1v) is 13.5. The van der Waals surface area contributed by atoms with E-state index in [2.05, 4.69) is 48.7 Å². The van der Waals surface area contributed by atoms with Crippen LogP contribution in [0, 0.1) is 13.8 Å². The van der Waals surface area contributed by atoms with Gasteiger partial charge < -0.3 is 29.7 Å². The third-order valence-corrected chi connectivity index (χ3v) is 7.51. The minimum absolute atomic E-state index is 0.192. The zero-order valence-electron chi connectivity index (χ0n) is 23.6. The first kappa shape index (κ1) is 26.3. The van der Waals surface area contributed by atoms with E-state index in [4.69, 9.17) is 9.72 Å². The number of aromatic amines is 1. The van der Waals surface area contributed by atoms with Crippen molar-refractivity contribution < 1.29 is 9.53 Å². The summed E-state index contributed by atoms with van der Waals surface area (Å²) in [5.41, 5.74) is 5.79. The highest BCUT2D eigenvalue weighted by Crippen LogP contribution is 2.32. The lowest BCUT2D eigenvalue weighted by Gasteiger charge is -2.34. The van der Waals surface area contributed by atoms with Gasteiger partial charge in [0.2, 0.25) is 5.95 Å². The maximum Gasteiger partial charge on any atom is 0.257 e. The molecule has 1 saturated heterocycles. The molecule has 0 atom stereocenters. The number of carbonyl (C=O) groups is 1. The van der Waals surface area contributed by atoms with Crippen molar-refractivity contribution in [3.05, 3.63) is 77.7 Å². The van der Waals surface area contributed by atoms with Crippen molar-refractivity contribution in [3.8, 4) is 11.6 Å². The zero-order valence-corrected chi connectivity index (χ0v) is 23.6. The first-order valence-electron chi connectivity index (χ1n) is 13.5. The molecular weight excluding hydrogens is 518 g/mol. The van der Waals surface area contributed by atoms with Crippen LogP contribution in [0.25, 0.3) is 16.9 Å². The van der Waals surface area contributed by atoms with E-state index in [-0.39, 0.29) is 5.91 Å². The van der Waals surface area contributed by atoms with Crippen molar-refractivity contribution >= 4 is 40.0 Å². The molecule has 4 heterocycles. The van der Waals surface area contributed by atoms with Crippen molar-refractivity contribution in [2.75, 3.05) is 55.9 Å². The molecule has 0 saturated carbocycles. The van der Waals surface area contributed by atoms with E-state index >= 15 is 0 Å². The third-order valence-electron chi connectivity index (χ3n) is 7.51. The molecule has 6 rings (SSSR count). The van der Waals surface area contributed by atoms with Crippen LogP contribution in [0.3, 0.4) is 0 Å². The van der Waals surface area contributed by atoms with Crippen LogP contribution in [0.4, 0.5) is 23.0 Å². The molecule has 2 aromatic carbocycles. The van der Waals surface area contributed by atoms with Gasteiger partial charge in [-0.2, -0.15) is 15.1 Å². The molecule has 11 nitrogen and oxygen atoms in total. The highest BCUT2D eigenvalue weighted by molar-refractivity contribution is 6.05. The molecule has 1 amide bonds. The van der Waals surface area contributed by atoms with Crippen LogP contribution in [-0.4, -0.2) is 75.9 Å². The molecule has 3 aromatic heterocycles. The molecule has 5 aromatic rings. The van der Waals surface area contributed by atoms with Crippen LogP contribution in [0.15, 0.2) is 61.1 Å². The maximum absolute atomic E-state index is 13.1. The van der Waals surface area contributed by atoms with Crippen molar-refractivity contribution in [1.82, 2.24) is 29.6 Å². The summed E-state index contributed by atoms with van der Waals surface area (Å²) >= 11 is 0. The lowest BCUT2D eigenvalue weighted by molar-refractivity contribution is 0.102. The van der Waals surface area contributed by atoms with E-state index in [1.165, 1.54) is 0 Å². The highest BCUT2D eigenvalue weighted by Gasteiger charge is 2.18. The van der Waals surface area contributed by atoms with Gasteiger partial charge in [0.15, 0.2) is 11.5 Å². The number of benzene rings is 2. The van der Waals surface area contributed by atoms with Crippen molar-refractivity contribution in [1.29, 1.82) is 0 Å². The number of rotatable bonds is 7. The number of aryl methyl sites for hydroxylation is 2. The number of aromatic nitrogens is 5. The summed E-state index contributed by atoms with van der Waals surface area (Å²) in [6, 6.07) is 13.8. The van der Waals surface area contributed by atoms with E-state index in [9.17, 15) is 4.79 Å². The lowest BCUT2D eigenvalue weighted by Crippen LogP contribution is -2.44. The minimum atomic E-state index is -0.192. The van der Waals surface area contributed by atoms with Crippen LogP contribution < -0.4 is 20.3 Å². The Morgan fingerprint density at radius 2 is 1.80 bits per heavy atom. The second-order valence-corrected chi connectivity index (χ2v) is 10.3. The van der Waals surface area contributed by atoms with E-state index in [0.29, 0.717) is 28.7 Å². The van der Waals surface area contributed by atoms with Gasteiger partial charge in [-0.15, -0.1) is 0 Å². The number of piperazine rings is 1. The van der Waals surface area contributed by atoms with Gasteiger partial charge in [-0.3, -0.25) is 9.89 Å². The molecule has 1 aliphatic rings. The van der Waals surface area contributed by atoms with Crippen LogP contribution in [0.1, 0.15) is 21.5 Å². The minimum Gasteiger partial charge on any atom is -0.494 e. The van der Waals surface area contributed by atoms with E-state index in [0.717, 1.165) is 59.8 Å². The summed E-state index contributed by atoms with van der Waals surface area (Å²) in [6.07, 6.45) is 5.24. The molecule has 0 bridgehead atoms. The Balaban J connectivity index is 1.27. The number of anilines is 4. The van der Waals surface area contributed by atoms with E-state index in [1.54, 1.807) is 30.1 Å². The smallest absolute Gasteiger partial charge is 0.257 e. The van der Waals surface area contributed by atoms with Crippen LogP contribution in [0.2, 0.25) is 0 Å². The van der Waals surface area contributed by atoms with Crippen molar-refractivity contribution in [2.24, 2.45) is 0 Å². The van der Waals surface area contributed by atoms with Gasteiger partial charge >= 0.3 is 0 Å². The SMILES string of the molecule is COc1cc(N2CCN(C)CC2)ccc1Nc1nc(-n2ccc(C(=O)Nc3c(C)cccc3C)c2)c2cn[nH]c2n1. The predicted octanol–water partition coefficient (Wildman–Crippen LogP) is 4.52. The molecule has 1 aliphatic heterocycles. The number of likely N-dealkylation sites (N-methyl/N-ethyl adjacent to an activating group) is 1. The molecule has 0 radical (unpaired) electrons. The first-order chi connectivity index (χ1) is 19.9. The predicted molar refractivity (Wildman–Crippen MR) is 161 cm³/mol. The number of methoxy groups -OCH3 is 1. The summed E-state index contributed by atoms with van der Waals surface area (Å²) in [5.74, 6) is 1.47. The number of hydrogen-bond acceptors (Lipinski definition) is 8. The number of carbonyl (C=O) groups excluding carboxylic acids is 1. The Morgan fingerprint density at radius 3 is 2.56 bits per heavy atom. The normalized spacial score (nSPS) is 13.9. The topological polar surface area (TPSA) is 116 Å². The number of H-pyrrole nitrogens is 1. The summed E-state index contributed by atoms with van der Waals surface area (Å²) in [6.45, 7) is 7.95. The fraction of sp³-hybridized carbons (Fsp3) is 0.267. The average molecular weight is 552 g/mol. The Kier molecular flexibility index (Phi) is 7.02. The molecule has 3 N–H and O–H groups in total. The van der Waals surface area contributed by atoms with Gasteiger partial charge in [-0.05, 0) is 50.2 Å². The fourth-order valence-corrected chi connectivity index (χ4v) is 5.10. The second-order valence-electron chi connectivity index (χ2n) is 10.3. The Bertz CT molecular complexity index is 1700. The standard InChI is InChI=1S/C30H33N9O2/c1-19-6-5-7-20(2)26(19)33-29(40)21-10-11-39(18-21)28-23-17-31-36-27(23)34-30(35-28)32-24-9-8-22(16-25(24)41-4)38-14-12-37(3)13-15-38/h5-11,16-18H,12-15H2,1-4H3,(H,33,40)(H2,31,32,34,35,36). The molecule has 11 heteroatoms. The Morgan fingerprint density at radius 1 is 1.02 bits per heavy atom. The number of fused-ring (bicyclic) bond motifs is 1. The van der Waals surface area contributed by atoms with Crippen LogP contribution in [-0.2, 0) is 0 Å². The van der Waals surface area contributed by atoms with Gasteiger partial charge in [-0.25, -0.2) is 0 Å². The molecular formula is C30H33N9O2. The highest BCUT2D eigenvalue weighted by atomic mass is 16.5. The largest absolute Gasteiger partial charge is 0.494 e. The van der Waals surface area contributed by atoms with Crippen molar-refractivity contribution in [2.45, 2.75) is 13.8 Å². The number of ether oxygens (including phenoxy) is 1. The lowest BCUT2D eigenvalue weighted by atomic mass is 10.1. The summed E-state index contributed by atoms with van der Waals surface area (Å²) in [7, 11) is 3.80. The molecule has 210 valence electrons. The van der Waals surface area contributed by atoms with Crippen molar-refractivity contribution in [3.63, 3.8) is 0 Å². The summed E-state index contributed by atoms with van der Waals surface area (Å²) < 4.78 is 7.53. The quantitative estimate of drug-likeness (QED) is 0.271. The Hall–Kier alpha value is -4.90. The molecule has 0 spiro atoms. The van der Waals surface area contributed by atoms with Gasteiger partial charge in [0.1, 0.15) is 5.75 Å². The number of amides is 1. The zero-order chi connectivity index (χ0) is 28.5. The monoisotopic (exact) mass is 551 g/mol. The Labute approximate surface area is 238 Å². The van der Waals surface area contributed by atoms with Gasteiger partial charge in [0, 0.05) is 56.0 Å². The average Bonchev–Trinajstić information content (AvgIpc) is 3.66. The second kappa shape index (κ2) is 10.9. The number of nitrogens with zero attached hydrogens (tertiary/aromatic N) is 6. The number of nitrogens with one attached hydrogen (secondary N) is 3. The third kappa shape index (κ3) is 5.31. The van der Waals surface area contributed by atoms with Gasteiger partial charge in [-0.1, -0.05) is 18.2 Å². The number of para-hydroxylation sites is 1. The van der Waals surface area contributed by atoms with Gasteiger partial charge in [0.05, 0.1) is 29.9 Å². The summed E-state index contributed by atoms with van der Waals surface area (Å²) in [4.78, 5) is 27.2. The summed E-state index contributed by atoms with van der Waals surface area (Å²) in [5, 5.41) is 14.2. The fourth-order valence-electron chi connectivity index (χ4n) is 5.10. The van der Waals surface area contributed by atoms with Crippen LogP contribution in [0.5, 0.6) is 5.75 Å². The maximum atomic E-state index is 13.1.